The van der Waals surface area contributed by atoms with Gasteiger partial charge in [-0.1, -0.05) is 25.1 Å². The van der Waals surface area contributed by atoms with Gasteiger partial charge in [0.2, 0.25) is 5.91 Å². The van der Waals surface area contributed by atoms with Gasteiger partial charge in [-0.3, -0.25) is 4.79 Å². The molecule has 0 radical (unpaired) electrons. The summed E-state index contributed by atoms with van der Waals surface area (Å²) in [6.07, 6.45) is 2.39. The Kier molecular flexibility index (Phi) is 7.99. The highest BCUT2D eigenvalue weighted by molar-refractivity contribution is 14.0. The number of carbonyl (C=O) groups is 1. The van der Waals surface area contributed by atoms with Gasteiger partial charge in [-0.05, 0) is 30.9 Å². The Labute approximate surface area is 173 Å². The largest absolute Gasteiger partial charge is 0.370 e. The summed E-state index contributed by atoms with van der Waals surface area (Å²) < 4.78 is 0. The van der Waals surface area contributed by atoms with E-state index in [2.05, 4.69) is 33.8 Å². The van der Waals surface area contributed by atoms with Gasteiger partial charge in [-0.25, -0.2) is 4.99 Å². The number of likely N-dealkylation sites (tertiary alicyclic amines) is 1. The predicted molar refractivity (Wildman–Crippen MR) is 117 cm³/mol. The van der Waals surface area contributed by atoms with Gasteiger partial charge in [0.05, 0.1) is 0 Å². The topological polar surface area (TPSA) is 65.2 Å². The first-order chi connectivity index (χ1) is 12.1. The van der Waals surface area contributed by atoms with Crippen molar-refractivity contribution < 1.29 is 4.79 Å². The zero-order chi connectivity index (χ0) is 17.6. The average Bonchev–Trinajstić information content (AvgIpc) is 2.66. The number of rotatable bonds is 3. The number of nitrogens with two attached hydrogens (primary N) is 1. The number of nitrogens with zero attached hydrogens (tertiary/aromatic N) is 4. The van der Waals surface area contributed by atoms with Crippen LogP contribution in [0, 0.1) is 5.92 Å². The average molecular weight is 471 g/mol. The fourth-order valence-corrected chi connectivity index (χ4v) is 3.60. The van der Waals surface area contributed by atoms with Crippen LogP contribution in [0.1, 0.15) is 19.8 Å². The summed E-state index contributed by atoms with van der Waals surface area (Å²) >= 11 is 0. The van der Waals surface area contributed by atoms with Gasteiger partial charge in [0.25, 0.3) is 0 Å². The Bertz CT molecular complexity index is 601. The van der Waals surface area contributed by atoms with Gasteiger partial charge in [0.15, 0.2) is 5.96 Å². The Hall–Kier alpha value is -1.51. The molecule has 0 aliphatic carbocycles. The SMILES string of the molecule is CC1CCCN(C(N)=NCC(=O)N2CCN(c3ccccc3)CC2)C1.I. The van der Waals surface area contributed by atoms with Gasteiger partial charge < -0.3 is 20.4 Å². The van der Waals surface area contributed by atoms with E-state index in [4.69, 9.17) is 5.73 Å². The molecular formula is C19H30IN5O. The van der Waals surface area contributed by atoms with Crippen LogP contribution in [0.2, 0.25) is 0 Å². The van der Waals surface area contributed by atoms with Gasteiger partial charge >= 0.3 is 0 Å². The van der Waals surface area contributed by atoms with Crippen LogP contribution in [0.25, 0.3) is 0 Å². The molecule has 1 atom stereocenters. The minimum absolute atomic E-state index is 0. The molecule has 1 aromatic carbocycles. The predicted octanol–water partition coefficient (Wildman–Crippen LogP) is 2.00. The number of piperidine rings is 1. The molecule has 2 N–H and O–H groups in total. The molecule has 2 saturated heterocycles. The van der Waals surface area contributed by atoms with Crippen LogP contribution in [-0.2, 0) is 4.79 Å². The van der Waals surface area contributed by atoms with Crippen molar-refractivity contribution in [1.82, 2.24) is 9.80 Å². The lowest BCUT2D eigenvalue weighted by Crippen LogP contribution is -2.50. The third-order valence-electron chi connectivity index (χ3n) is 5.11. The molecule has 0 saturated carbocycles. The van der Waals surface area contributed by atoms with Crippen LogP contribution >= 0.6 is 24.0 Å². The van der Waals surface area contributed by atoms with Gasteiger partial charge in [0, 0.05) is 45.0 Å². The maximum atomic E-state index is 12.4. The molecule has 7 heteroatoms. The molecule has 1 amide bonds. The molecule has 3 rings (SSSR count). The van der Waals surface area contributed by atoms with E-state index in [1.54, 1.807) is 0 Å². The normalized spacial score (nSPS) is 21.3. The van der Waals surface area contributed by atoms with Crippen molar-refractivity contribution in [2.45, 2.75) is 19.8 Å². The first-order valence-corrected chi connectivity index (χ1v) is 9.26. The minimum atomic E-state index is 0. The third-order valence-corrected chi connectivity index (χ3v) is 5.11. The molecule has 1 unspecified atom stereocenters. The Morgan fingerprint density at radius 2 is 1.81 bits per heavy atom. The smallest absolute Gasteiger partial charge is 0.244 e. The number of anilines is 1. The highest BCUT2D eigenvalue weighted by Crippen LogP contribution is 2.16. The maximum Gasteiger partial charge on any atom is 0.244 e. The van der Waals surface area contributed by atoms with E-state index in [0.717, 1.165) is 45.7 Å². The number of piperazine rings is 1. The monoisotopic (exact) mass is 471 g/mol. The zero-order valence-electron chi connectivity index (χ0n) is 15.5. The summed E-state index contributed by atoms with van der Waals surface area (Å²) in [5.41, 5.74) is 7.30. The van der Waals surface area contributed by atoms with E-state index >= 15 is 0 Å². The van der Waals surface area contributed by atoms with Crippen molar-refractivity contribution >= 4 is 41.5 Å². The van der Waals surface area contributed by atoms with Crippen molar-refractivity contribution in [1.29, 1.82) is 0 Å². The maximum absolute atomic E-state index is 12.4. The second-order valence-corrected chi connectivity index (χ2v) is 7.07. The molecule has 26 heavy (non-hydrogen) atoms. The summed E-state index contributed by atoms with van der Waals surface area (Å²) in [6.45, 7) is 7.48. The number of aliphatic imine (C=N–C) groups is 1. The van der Waals surface area contributed by atoms with Gasteiger partial charge in [-0.15, -0.1) is 24.0 Å². The number of amides is 1. The number of hydrogen-bond acceptors (Lipinski definition) is 3. The van der Waals surface area contributed by atoms with Crippen LogP contribution in [0.4, 0.5) is 5.69 Å². The number of benzene rings is 1. The van der Waals surface area contributed by atoms with Crippen molar-refractivity contribution in [2.75, 3.05) is 50.7 Å². The Morgan fingerprint density at radius 3 is 2.46 bits per heavy atom. The van der Waals surface area contributed by atoms with Gasteiger partial charge in [0.1, 0.15) is 6.54 Å². The lowest BCUT2D eigenvalue weighted by molar-refractivity contribution is -0.129. The first-order valence-electron chi connectivity index (χ1n) is 9.26. The van der Waals surface area contributed by atoms with Crippen molar-refractivity contribution in [2.24, 2.45) is 16.6 Å². The van der Waals surface area contributed by atoms with Crippen LogP contribution in [0.3, 0.4) is 0 Å². The summed E-state index contributed by atoms with van der Waals surface area (Å²) in [4.78, 5) is 23.1. The number of guanidine groups is 1. The molecule has 2 aliphatic heterocycles. The molecule has 1 aromatic rings. The summed E-state index contributed by atoms with van der Waals surface area (Å²) in [7, 11) is 0. The van der Waals surface area contributed by atoms with E-state index in [0.29, 0.717) is 11.9 Å². The number of carbonyl (C=O) groups excluding carboxylic acids is 1. The van der Waals surface area contributed by atoms with Crippen LogP contribution < -0.4 is 10.6 Å². The second kappa shape index (κ2) is 9.99. The quantitative estimate of drug-likeness (QED) is 0.416. The lowest BCUT2D eigenvalue weighted by atomic mass is 10.0. The van der Waals surface area contributed by atoms with Gasteiger partial charge in [-0.2, -0.15) is 0 Å². The fourth-order valence-electron chi connectivity index (χ4n) is 3.60. The first kappa shape index (κ1) is 20.8. The molecule has 2 aliphatic rings. The Morgan fingerprint density at radius 1 is 1.12 bits per heavy atom. The summed E-state index contributed by atoms with van der Waals surface area (Å²) in [6, 6.07) is 10.3. The lowest BCUT2D eigenvalue weighted by Gasteiger charge is -2.36. The molecule has 2 fully saturated rings. The van der Waals surface area contributed by atoms with E-state index in [-0.39, 0.29) is 36.4 Å². The fraction of sp³-hybridized carbons (Fsp3) is 0.579. The number of para-hydroxylation sites is 1. The van der Waals surface area contributed by atoms with E-state index < -0.39 is 0 Å². The van der Waals surface area contributed by atoms with Crippen LogP contribution in [0.5, 0.6) is 0 Å². The summed E-state index contributed by atoms with van der Waals surface area (Å²) in [5.74, 6) is 1.23. The zero-order valence-corrected chi connectivity index (χ0v) is 17.8. The molecular weight excluding hydrogens is 441 g/mol. The molecule has 2 heterocycles. The van der Waals surface area contributed by atoms with E-state index in [1.165, 1.54) is 12.1 Å². The molecule has 0 bridgehead atoms. The minimum Gasteiger partial charge on any atom is -0.370 e. The number of hydrogen-bond donors (Lipinski definition) is 1. The second-order valence-electron chi connectivity index (χ2n) is 7.07. The van der Waals surface area contributed by atoms with Crippen LogP contribution in [0.15, 0.2) is 35.3 Å². The van der Waals surface area contributed by atoms with E-state index in [1.807, 2.05) is 23.1 Å². The number of halogens is 1. The molecule has 0 spiro atoms. The molecule has 0 aromatic heterocycles. The summed E-state index contributed by atoms with van der Waals surface area (Å²) in [5, 5.41) is 0. The molecule has 144 valence electrons. The van der Waals surface area contributed by atoms with Crippen molar-refractivity contribution in [3.63, 3.8) is 0 Å². The highest BCUT2D eigenvalue weighted by atomic mass is 127. The van der Waals surface area contributed by atoms with Crippen molar-refractivity contribution in [3.05, 3.63) is 30.3 Å². The third kappa shape index (κ3) is 5.49. The van der Waals surface area contributed by atoms with Crippen LogP contribution in [-0.4, -0.2) is 67.5 Å². The van der Waals surface area contributed by atoms with E-state index in [9.17, 15) is 4.79 Å². The van der Waals surface area contributed by atoms with Crippen molar-refractivity contribution in [3.8, 4) is 0 Å². The Balaban J connectivity index is 0.00000243. The highest BCUT2D eigenvalue weighted by Gasteiger charge is 2.22. The molecule has 6 nitrogen and oxygen atoms in total. The standard InChI is InChI=1S/C19H29N5O.HI/c1-16-6-5-9-24(15-16)19(20)21-14-18(25)23-12-10-22(11-13-23)17-7-3-2-4-8-17;/h2-4,7-8,16H,5-6,9-15H2,1H3,(H2,20,21);1H.